The van der Waals surface area contributed by atoms with Gasteiger partial charge in [0.15, 0.2) is 0 Å². The number of rotatable bonds is 4. The number of thiophene rings is 1. The Hall–Kier alpha value is -1.44. The summed E-state index contributed by atoms with van der Waals surface area (Å²) in [4.78, 5) is 21.2. The quantitative estimate of drug-likeness (QED) is 0.474. The molecule has 0 bridgehead atoms. The fourth-order valence-corrected chi connectivity index (χ4v) is 2.56. The number of carbonyl (C=O) groups excluding carboxylic acids is 1. The summed E-state index contributed by atoms with van der Waals surface area (Å²) >= 11 is 1.38. The third kappa shape index (κ3) is 4.80. The predicted octanol–water partition coefficient (Wildman–Crippen LogP) is 1.15. The highest BCUT2D eigenvalue weighted by Gasteiger charge is 2.20. The Balaban J connectivity index is 2.05. The lowest BCUT2D eigenvalue weighted by Gasteiger charge is -2.33. The summed E-state index contributed by atoms with van der Waals surface area (Å²) in [5.74, 6) is -0.253. The molecule has 1 saturated heterocycles. The van der Waals surface area contributed by atoms with Crippen LogP contribution in [-0.2, 0) is 9.47 Å². The average Bonchev–Trinajstić information content (AvgIpc) is 3.01. The molecule has 0 aliphatic carbocycles. The van der Waals surface area contributed by atoms with Crippen molar-refractivity contribution in [1.29, 1.82) is 0 Å². The smallest absolute Gasteiger partial charge is 0.295 e. The highest BCUT2D eigenvalue weighted by atomic mass is 32.1. The molecule has 1 aliphatic heterocycles. The molecule has 0 N–H and O–H groups in total. The van der Waals surface area contributed by atoms with Crippen LogP contribution in [0.2, 0.25) is 0 Å². The van der Waals surface area contributed by atoms with Crippen LogP contribution < -0.4 is 0 Å². The normalized spacial score (nSPS) is 17.0. The van der Waals surface area contributed by atoms with E-state index in [1.807, 2.05) is 16.3 Å². The van der Waals surface area contributed by atoms with Crippen molar-refractivity contribution in [2.75, 3.05) is 53.6 Å². The molecule has 6 nitrogen and oxygen atoms in total. The SMILES string of the molecule is COCCOC(=NC(=O)c1cccs1)N1CCN(C)CC1. The lowest BCUT2D eigenvalue weighted by atomic mass is 10.3. The molecule has 7 heteroatoms. The number of piperazine rings is 1. The van der Waals surface area contributed by atoms with E-state index in [1.165, 1.54) is 11.3 Å². The zero-order valence-corrected chi connectivity index (χ0v) is 13.3. The van der Waals surface area contributed by atoms with Gasteiger partial charge in [-0.15, -0.1) is 11.3 Å². The van der Waals surface area contributed by atoms with Crippen molar-refractivity contribution < 1.29 is 14.3 Å². The maximum atomic E-state index is 12.1. The van der Waals surface area contributed by atoms with Gasteiger partial charge in [0.05, 0.1) is 11.5 Å². The highest BCUT2D eigenvalue weighted by molar-refractivity contribution is 7.12. The van der Waals surface area contributed by atoms with E-state index in [0.717, 1.165) is 26.2 Å². The van der Waals surface area contributed by atoms with Crippen molar-refractivity contribution in [3.63, 3.8) is 0 Å². The molecule has 0 saturated carbocycles. The van der Waals surface area contributed by atoms with Crippen LogP contribution in [0, 0.1) is 0 Å². The molecule has 1 aliphatic rings. The zero-order valence-electron chi connectivity index (χ0n) is 12.4. The van der Waals surface area contributed by atoms with E-state index in [-0.39, 0.29) is 5.91 Å². The largest absolute Gasteiger partial charge is 0.462 e. The number of amides is 1. The van der Waals surface area contributed by atoms with Gasteiger partial charge in [0.1, 0.15) is 6.61 Å². The Bertz CT molecular complexity index is 468. The van der Waals surface area contributed by atoms with Crippen LogP contribution in [0.3, 0.4) is 0 Å². The average molecular weight is 311 g/mol. The van der Waals surface area contributed by atoms with Crippen molar-refractivity contribution in [2.45, 2.75) is 0 Å². The zero-order chi connectivity index (χ0) is 15.1. The Morgan fingerprint density at radius 1 is 1.33 bits per heavy atom. The Labute approximate surface area is 129 Å². The lowest BCUT2D eigenvalue weighted by molar-refractivity contribution is 0.0970. The van der Waals surface area contributed by atoms with Gasteiger partial charge in [0.2, 0.25) is 0 Å². The first kappa shape index (κ1) is 15.9. The van der Waals surface area contributed by atoms with Crippen LogP contribution >= 0.6 is 11.3 Å². The molecule has 0 spiro atoms. The first-order chi connectivity index (χ1) is 10.2. The van der Waals surface area contributed by atoms with E-state index in [1.54, 1.807) is 13.2 Å². The number of ether oxygens (including phenoxy) is 2. The molecule has 0 radical (unpaired) electrons. The highest BCUT2D eigenvalue weighted by Crippen LogP contribution is 2.11. The van der Waals surface area contributed by atoms with Crippen LogP contribution in [0.5, 0.6) is 0 Å². The topological polar surface area (TPSA) is 54.4 Å². The van der Waals surface area contributed by atoms with Crippen LogP contribution in [0.1, 0.15) is 9.67 Å². The molecule has 1 aromatic heterocycles. The summed E-state index contributed by atoms with van der Waals surface area (Å²) in [6.45, 7) is 4.33. The van der Waals surface area contributed by atoms with Crippen molar-refractivity contribution in [2.24, 2.45) is 4.99 Å². The molecule has 2 heterocycles. The van der Waals surface area contributed by atoms with Gasteiger partial charge >= 0.3 is 0 Å². The number of amidine groups is 1. The maximum Gasteiger partial charge on any atom is 0.295 e. The van der Waals surface area contributed by atoms with Crippen LogP contribution in [0.25, 0.3) is 0 Å². The van der Waals surface area contributed by atoms with Gasteiger partial charge in [0.25, 0.3) is 11.9 Å². The van der Waals surface area contributed by atoms with E-state index in [0.29, 0.717) is 24.1 Å². The van der Waals surface area contributed by atoms with E-state index in [4.69, 9.17) is 9.47 Å². The molecule has 0 unspecified atom stereocenters. The summed E-state index contributed by atoms with van der Waals surface area (Å²) < 4.78 is 10.6. The van der Waals surface area contributed by atoms with Gasteiger partial charge in [-0.1, -0.05) is 6.07 Å². The lowest BCUT2D eigenvalue weighted by Crippen LogP contribution is -2.48. The molecule has 2 rings (SSSR count). The third-order valence-electron chi connectivity index (χ3n) is 3.22. The number of nitrogens with zero attached hydrogens (tertiary/aromatic N) is 3. The summed E-state index contributed by atoms with van der Waals surface area (Å²) in [6, 6.07) is 4.01. The van der Waals surface area contributed by atoms with Gasteiger partial charge < -0.3 is 19.3 Å². The monoisotopic (exact) mass is 311 g/mol. The first-order valence-corrected chi connectivity index (χ1v) is 7.80. The number of aliphatic imine (C=N–C) groups is 1. The third-order valence-corrected chi connectivity index (χ3v) is 4.08. The van der Waals surface area contributed by atoms with Crippen LogP contribution in [0.4, 0.5) is 0 Å². The van der Waals surface area contributed by atoms with E-state index >= 15 is 0 Å². The van der Waals surface area contributed by atoms with Crippen LogP contribution in [0.15, 0.2) is 22.5 Å². The molecule has 21 heavy (non-hydrogen) atoms. The Morgan fingerprint density at radius 3 is 2.71 bits per heavy atom. The Morgan fingerprint density at radius 2 is 2.10 bits per heavy atom. The minimum absolute atomic E-state index is 0.253. The summed E-state index contributed by atoms with van der Waals surface area (Å²) in [7, 11) is 3.70. The number of carbonyl (C=O) groups is 1. The van der Waals surface area contributed by atoms with Gasteiger partial charge in [-0.2, -0.15) is 4.99 Å². The second kappa shape index (κ2) is 8.11. The van der Waals surface area contributed by atoms with Crippen molar-refractivity contribution in [3.05, 3.63) is 22.4 Å². The van der Waals surface area contributed by atoms with Gasteiger partial charge in [-0.25, -0.2) is 0 Å². The summed E-state index contributed by atoms with van der Waals surface area (Å²) in [5.41, 5.74) is 0. The molecule has 0 aromatic carbocycles. The van der Waals surface area contributed by atoms with E-state index < -0.39 is 0 Å². The fourth-order valence-electron chi connectivity index (χ4n) is 1.95. The van der Waals surface area contributed by atoms with Crippen molar-refractivity contribution in [1.82, 2.24) is 9.80 Å². The molecule has 1 amide bonds. The summed E-state index contributed by atoms with van der Waals surface area (Å²) in [6.07, 6.45) is 0. The van der Waals surface area contributed by atoms with Gasteiger partial charge in [0, 0.05) is 33.3 Å². The molecular formula is C14H21N3O3S. The van der Waals surface area contributed by atoms with Gasteiger partial charge in [-0.3, -0.25) is 4.79 Å². The molecule has 0 atom stereocenters. The maximum absolute atomic E-state index is 12.1. The van der Waals surface area contributed by atoms with E-state index in [2.05, 4.69) is 16.9 Å². The predicted molar refractivity (Wildman–Crippen MR) is 83.0 cm³/mol. The number of hydrogen-bond donors (Lipinski definition) is 0. The number of likely N-dealkylation sites (N-methyl/N-ethyl adjacent to an activating group) is 1. The standard InChI is InChI=1S/C14H21N3O3S/c1-16-5-7-17(8-6-16)14(20-10-9-19-2)15-13(18)12-4-3-11-21-12/h3-4,11H,5-10H2,1-2H3. The minimum Gasteiger partial charge on any atom is -0.462 e. The second-order valence-electron chi connectivity index (χ2n) is 4.81. The van der Waals surface area contributed by atoms with Gasteiger partial charge in [-0.05, 0) is 18.5 Å². The molecule has 1 aromatic rings. The van der Waals surface area contributed by atoms with Crippen molar-refractivity contribution >= 4 is 23.3 Å². The minimum atomic E-state index is -0.253. The van der Waals surface area contributed by atoms with E-state index in [9.17, 15) is 4.79 Å². The molecule has 116 valence electrons. The van der Waals surface area contributed by atoms with Crippen LogP contribution in [-0.4, -0.2) is 75.3 Å². The molecule has 1 fully saturated rings. The fraction of sp³-hybridized carbons (Fsp3) is 0.571. The number of methoxy groups -OCH3 is 1. The second-order valence-corrected chi connectivity index (χ2v) is 5.76. The summed E-state index contributed by atoms with van der Waals surface area (Å²) in [5, 5.41) is 1.87. The number of hydrogen-bond acceptors (Lipinski definition) is 5. The van der Waals surface area contributed by atoms with Crippen molar-refractivity contribution in [3.8, 4) is 0 Å². The Kier molecular flexibility index (Phi) is 6.16. The molecular weight excluding hydrogens is 290 g/mol. The first-order valence-electron chi connectivity index (χ1n) is 6.92.